The molecule has 0 radical (unpaired) electrons. The predicted molar refractivity (Wildman–Crippen MR) is 86.7 cm³/mol. The van der Waals surface area contributed by atoms with Gasteiger partial charge in [0.05, 0.1) is 0 Å². The maximum Gasteiger partial charge on any atom is 0.323 e. The second-order valence-corrected chi connectivity index (χ2v) is 6.45. The van der Waals surface area contributed by atoms with Crippen molar-refractivity contribution >= 4 is 5.97 Å². The number of hydrogen-bond acceptors (Lipinski definition) is 4. The van der Waals surface area contributed by atoms with Crippen LogP contribution in [0.25, 0.3) is 0 Å². The minimum atomic E-state index is -0.802. The minimum absolute atomic E-state index is 0.655. The van der Waals surface area contributed by atoms with Gasteiger partial charge in [-0.1, -0.05) is 13.8 Å². The van der Waals surface area contributed by atoms with Gasteiger partial charge in [0, 0.05) is 38.8 Å². The Kier molecular flexibility index (Phi) is 7.63. The summed E-state index contributed by atoms with van der Waals surface area (Å²) in [6, 6.07) is 0.655. The highest BCUT2D eigenvalue weighted by Crippen LogP contribution is 2.14. The van der Waals surface area contributed by atoms with Crippen molar-refractivity contribution in [3.8, 4) is 0 Å². The first kappa shape index (κ1) is 18.4. The third-order valence-electron chi connectivity index (χ3n) is 4.79. The first-order chi connectivity index (χ1) is 9.92. The molecule has 0 spiro atoms. The third-order valence-corrected chi connectivity index (χ3v) is 4.79. The van der Waals surface area contributed by atoms with E-state index in [-0.39, 0.29) is 0 Å². The first-order valence-corrected chi connectivity index (χ1v) is 8.37. The summed E-state index contributed by atoms with van der Waals surface area (Å²) in [7, 11) is 0. The van der Waals surface area contributed by atoms with E-state index in [2.05, 4.69) is 35.9 Å². The predicted octanol–water partition coefficient (Wildman–Crippen LogP) is 1.64. The molecule has 5 heteroatoms. The molecule has 21 heavy (non-hydrogen) atoms. The van der Waals surface area contributed by atoms with E-state index in [0.717, 1.165) is 45.7 Å². The fraction of sp³-hybridized carbons (Fsp3) is 0.938. The van der Waals surface area contributed by atoms with Gasteiger partial charge in [-0.25, -0.2) is 0 Å². The molecule has 5 nitrogen and oxygen atoms in total. The Hall–Kier alpha value is -0.650. The summed E-state index contributed by atoms with van der Waals surface area (Å²) < 4.78 is 0. The Labute approximate surface area is 129 Å². The SMILES string of the molecule is CCCNC(C)(CCN1CCN(C(C)CC)CC1)C(=O)O. The molecule has 2 unspecified atom stereocenters. The fourth-order valence-corrected chi connectivity index (χ4v) is 2.74. The average Bonchev–Trinajstić information content (AvgIpc) is 2.50. The molecule has 2 atom stereocenters. The van der Waals surface area contributed by atoms with Crippen molar-refractivity contribution in [1.29, 1.82) is 0 Å². The van der Waals surface area contributed by atoms with Crippen molar-refractivity contribution in [2.75, 3.05) is 39.3 Å². The lowest BCUT2D eigenvalue weighted by Crippen LogP contribution is -2.54. The van der Waals surface area contributed by atoms with Gasteiger partial charge in [0.1, 0.15) is 5.54 Å². The molecule has 1 aliphatic rings. The highest BCUT2D eigenvalue weighted by atomic mass is 16.4. The lowest BCUT2D eigenvalue weighted by atomic mass is 9.97. The number of carbonyl (C=O) groups is 1. The van der Waals surface area contributed by atoms with E-state index in [1.54, 1.807) is 6.92 Å². The molecule has 0 saturated carbocycles. The van der Waals surface area contributed by atoms with Crippen LogP contribution in [0.2, 0.25) is 0 Å². The van der Waals surface area contributed by atoms with E-state index < -0.39 is 11.5 Å². The molecule has 0 aromatic heterocycles. The second-order valence-electron chi connectivity index (χ2n) is 6.45. The van der Waals surface area contributed by atoms with Crippen molar-refractivity contribution < 1.29 is 9.90 Å². The van der Waals surface area contributed by atoms with Crippen molar-refractivity contribution in [3.05, 3.63) is 0 Å². The van der Waals surface area contributed by atoms with Crippen LogP contribution >= 0.6 is 0 Å². The first-order valence-electron chi connectivity index (χ1n) is 8.37. The molecule has 0 aromatic carbocycles. The topological polar surface area (TPSA) is 55.8 Å². The van der Waals surface area contributed by atoms with Crippen LogP contribution in [0.15, 0.2) is 0 Å². The quantitative estimate of drug-likeness (QED) is 0.678. The average molecular weight is 299 g/mol. The van der Waals surface area contributed by atoms with E-state index in [9.17, 15) is 9.90 Å². The summed E-state index contributed by atoms with van der Waals surface area (Å²) in [4.78, 5) is 16.4. The molecule has 1 aliphatic heterocycles. The molecule has 2 N–H and O–H groups in total. The lowest BCUT2D eigenvalue weighted by Gasteiger charge is -2.39. The number of hydrogen-bond donors (Lipinski definition) is 2. The van der Waals surface area contributed by atoms with Crippen LogP contribution in [0.4, 0.5) is 0 Å². The summed E-state index contributed by atoms with van der Waals surface area (Å²) in [5.41, 5.74) is -0.802. The molecule has 124 valence electrons. The van der Waals surface area contributed by atoms with Gasteiger partial charge in [0.15, 0.2) is 0 Å². The van der Waals surface area contributed by atoms with Crippen LogP contribution < -0.4 is 5.32 Å². The van der Waals surface area contributed by atoms with Crippen LogP contribution in [0.3, 0.4) is 0 Å². The summed E-state index contributed by atoms with van der Waals surface area (Å²) in [6.07, 6.45) is 2.81. The Morgan fingerprint density at radius 3 is 2.38 bits per heavy atom. The number of carboxylic acid groups (broad SMARTS) is 1. The molecule has 0 amide bonds. The van der Waals surface area contributed by atoms with Gasteiger partial charge in [-0.05, 0) is 39.7 Å². The van der Waals surface area contributed by atoms with Gasteiger partial charge in [0.2, 0.25) is 0 Å². The summed E-state index contributed by atoms with van der Waals surface area (Å²) >= 11 is 0. The van der Waals surface area contributed by atoms with E-state index in [1.807, 2.05) is 0 Å². The van der Waals surface area contributed by atoms with E-state index in [1.165, 1.54) is 6.42 Å². The number of nitrogens with zero attached hydrogens (tertiary/aromatic N) is 2. The number of rotatable bonds is 9. The normalized spacial score (nSPS) is 21.9. The molecule has 1 rings (SSSR count). The van der Waals surface area contributed by atoms with Gasteiger partial charge >= 0.3 is 5.97 Å². The highest BCUT2D eigenvalue weighted by molar-refractivity contribution is 5.78. The molecule has 0 aromatic rings. The maximum atomic E-state index is 11.5. The monoisotopic (exact) mass is 299 g/mol. The molecule has 1 fully saturated rings. The minimum Gasteiger partial charge on any atom is -0.480 e. The lowest BCUT2D eigenvalue weighted by molar-refractivity contribution is -0.144. The number of carboxylic acids is 1. The van der Waals surface area contributed by atoms with E-state index >= 15 is 0 Å². The van der Waals surface area contributed by atoms with Crippen LogP contribution in [0, 0.1) is 0 Å². The Balaban J connectivity index is 2.39. The zero-order chi connectivity index (χ0) is 15.9. The van der Waals surface area contributed by atoms with E-state index in [4.69, 9.17) is 0 Å². The molecular weight excluding hydrogens is 266 g/mol. The largest absolute Gasteiger partial charge is 0.480 e. The molecule has 0 aliphatic carbocycles. The Bertz CT molecular complexity index is 317. The second kappa shape index (κ2) is 8.71. The summed E-state index contributed by atoms with van der Waals surface area (Å²) in [5, 5.41) is 12.6. The van der Waals surface area contributed by atoms with Gasteiger partial charge in [-0.15, -0.1) is 0 Å². The molecule has 0 bridgehead atoms. The smallest absolute Gasteiger partial charge is 0.323 e. The molecular formula is C16H33N3O2. The van der Waals surface area contributed by atoms with Crippen LogP contribution in [-0.4, -0.2) is 71.7 Å². The third kappa shape index (κ3) is 5.57. The number of piperazine rings is 1. The van der Waals surface area contributed by atoms with Crippen LogP contribution in [0.5, 0.6) is 0 Å². The highest BCUT2D eigenvalue weighted by Gasteiger charge is 2.33. The van der Waals surface area contributed by atoms with Gasteiger partial charge in [-0.2, -0.15) is 0 Å². The summed E-state index contributed by atoms with van der Waals surface area (Å²) in [6.45, 7) is 14.3. The Morgan fingerprint density at radius 1 is 1.29 bits per heavy atom. The zero-order valence-corrected chi connectivity index (χ0v) is 14.2. The maximum absolute atomic E-state index is 11.5. The number of aliphatic carboxylic acids is 1. The molecule has 1 saturated heterocycles. The van der Waals surface area contributed by atoms with Gasteiger partial charge in [-0.3, -0.25) is 9.69 Å². The van der Waals surface area contributed by atoms with Gasteiger partial charge in [0.25, 0.3) is 0 Å². The van der Waals surface area contributed by atoms with Gasteiger partial charge < -0.3 is 15.3 Å². The van der Waals surface area contributed by atoms with Crippen LogP contribution in [-0.2, 0) is 4.79 Å². The summed E-state index contributed by atoms with van der Waals surface area (Å²) in [5.74, 6) is -0.741. The fourth-order valence-electron chi connectivity index (χ4n) is 2.74. The van der Waals surface area contributed by atoms with Crippen LogP contribution in [0.1, 0.15) is 47.0 Å². The Morgan fingerprint density at radius 2 is 1.90 bits per heavy atom. The number of nitrogens with one attached hydrogen (secondary N) is 1. The van der Waals surface area contributed by atoms with Crippen molar-refractivity contribution in [1.82, 2.24) is 15.1 Å². The zero-order valence-electron chi connectivity index (χ0n) is 14.2. The molecule has 1 heterocycles. The van der Waals surface area contributed by atoms with Crippen molar-refractivity contribution in [2.45, 2.75) is 58.5 Å². The van der Waals surface area contributed by atoms with E-state index in [0.29, 0.717) is 12.5 Å². The van der Waals surface area contributed by atoms with Crippen molar-refractivity contribution in [2.24, 2.45) is 0 Å². The van der Waals surface area contributed by atoms with Crippen molar-refractivity contribution in [3.63, 3.8) is 0 Å². The standard InChI is InChI=1S/C16H33N3O2/c1-5-8-17-16(4,15(20)21)7-9-18-10-12-19(13-11-18)14(3)6-2/h14,17H,5-13H2,1-4H3,(H,20,21).